The van der Waals surface area contributed by atoms with Crippen molar-refractivity contribution in [1.29, 1.82) is 0 Å². The van der Waals surface area contributed by atoms with Crippen LogP contribution in [0, 0.1) is 0 Å². The van der Waals surface area contributed by atoms with Gasteiger partial charge < -0.3 is 10.1 Å². The van der Waals surface area contributed by atoms with Crippen molar-refractivity contribution in [3.05, 3.63) is 53.7 Å². The van der Waals surface area contributed by atoms with Gasteiger partial charge in [0.2, 0.25) is 5.88 Å². The molecule has 4 nitrogen and oxygen atoms in total. The Hall–Kier alpha value is -2.36. The van der Waals surface area contributed by atoms with Gasteiger partial charge in [0.1, 0.15) is 5.56 Å². The van der Waals surface area contributed by atoms with Gasteiger partial charge in [-0.25, -0.2) is 4.98 Å². The van der Waals surface area contributed by atoms with E-state index in [1.165, 1.54) is 5.56 Å². The molecule has 4 heteroatoms. The molecule has 0 saturated carbocycles. The van der Waals surface area contributed by atoms with E-state index < -0.39 is 0 Å². The Kier molecular flexibility index (Phi) is 4.93. The molecular weight excluding hydrogens is 264 g/mol. The van der Waals surface area contributed by atoms with Crippen LogP contribution in [0.3, 0.4) is 0 Å². The summed E-state index contributed by atoms with van der Waals surface area (Å²) in [5.74, 6) is 0.559. The lowest BCUT2D eigenvalue weighted by Crippen LogP contribution is -2.14. The normalized spacial score (nSPS) is 10.5. The summed E-state index contributed by atoms with van der Waals surface area (Å²) in [4.78, 5) is 16.5. The van der Waals surface area contributed by atoms with Crippen molar-refractivity contribution >= 4 is 11.6 Å². The predicted octanol–water partition coefficient (Wildman–Crippen LogP) is 3.86. The lowest BCUT2D eigenvalue weighted by molar-refractivity contribution is 0.102. The van der Waals surface area contributed by atoms with E-state index in [1.54, 1.807) is 18.3 Å². The van der Waals surface area contributed by atoms with E-state index in [0.717, 1.165) is 5.69 Å². The molecule has 0 saturated heterocycles. The summed E-state index contributed by atoms with van der Waals surface area (Å²) in [6, 6.07) is 11.3. The largest absolute Gasteiger partial charge is 0.477 e. The van der Waals surface area contributed by atoms with Crippen molar-refractivity contribution in [1.82, 2.24) is 4.98 Å². The number of anilines is 1. The third-order valence-electron chi connectivity index (χ3n) is 3.11. The van der Waals surface area contributed by atoms with Crippen LogP contribution in [0.1, 0.15) is 42.6 Å². The molecule has 0 fully saturated rings. The molecule has 2 aromatic rings. The van der Waals surface area contributed by atoms with Crippen LogP contribution in [0.15, 0.2) is 42.6 Å². The number of aromatic nitrogens is 1. The number of rotatable bonds is 5. The molecule has 1 aromatic heterocycles. The van der Waals surface area contributed by atoms with Crippen molar-refractivity contribution in [3.63, 3.8) is 0 Å². The van der Waals surface area contributed by atoms with E-state index in [2.05, 4.69) is 30.2 Å². The van der Waals surface area contributed by atoms with E-state index in [1.807, 2.05) is 25.1 Å². The Morgan fingerprint density at radius 3 is 2.81 bits per heavy atom. The first-order chi connectivity index (χ1) is 10.1. The average molecular weight is 284 g/mol. The fraction of sp³-hybridized carbons (Fsp3) is 0.294. The van der Waals surface area contributed by atoms with Gasteiger partial charge in [0.25, 0.3) is 5.91 Å². The zero-order chi connectivity index (χ0) is 15.2. The molecule has 0 aliphatic heterocycles. The van der Waals surface area contributed by atoms with Crippen LogP contribution in [0.25, 0.3) is 0 Å². The van der Waals surface area contributed by atoms with Gasteiger partial charge in [0.05, 0.1) is 6.61 Å². The molecule has 1 N–H and O–H groups in total. The molecule has 0 radical (unpaired) electrons. The second-order valence-corrected chi connectivity index (χ2v) is 5.02. The van der Waals surface area contributed by atoms with Crippen LogP contribution < -0.4 is 10.1 Å². The summed E-state index contributed by atoms with van der Waals surface area (Å²) in [5.41, 5.74) is 2.40. The zero-order valence-electron chi connectivity index (χ0n) is 12.6. The highest BCUT2D eigenvalue weighted by atomic mass is 16.5. The van der Waals surface area contributed by atoms with Crippen LogP contribution in [-0.2, 0) is 0 Å². The van der Waals surface area contributed by atoms with Crippen molar-refractivity contribution in [2.45, 2.75) is 26.7 Å². The predicted molar refractivity (Wildman–Crippen MR) is 83.9 cm³/mol. The first kappa shape index (κ1) is 15.0. The van der Waals surface area contributed by atoms with Crippen molar-refractivity contribution in [2.75, 3.05) is 11.9 Å². The van der Waals surface area contributed by atoms with E-state index in [-0.39, 0.29) is 5.91 Å². The van der Waals surface area contributed by atoms with Gasteiger partial charge in [-0.1, -0.05) is 26.0 Å². The zero-order valence-corrected chi connectivity index (χ0v) is 12.6. The monoisotopic (exact) mass is 284 g/mol. The lowest BCUT2D eigenvalue weighted by Gasteiger charge is -2.11. The number of carbonyl (C=O) groups excluding carboxylic acids is 1. The highest BCUT2D eigenvalue weighted by Gasteiger charge is 2.13. The summed E-state index contributed by atoms with van der Waals surface area (Å²) in [6.07, 6.45) is 1.61. The minimum absolute atomic E-state index is 0.215. The number of nitrogens with zero attached hydrogens (tertiary/aromatic N) is 1. The summed E-state index contributed by atoms with van der Waals surface area (Å²) < 4.78 is 5.39. The molecular formula is C17H20N2O2. The number of amides is 1. The number of ether oxygens (including phenoxy) is 1. The van der Waals surface area contributed by atoms with E-state index in [4.69, 9.17) is 4.74 Å². The Morgan fingerprint density at radius 2 is 2.10 bits per heavy atom. The van der Waals surface area contributed by atoms with Gasteiger partial charge in [-0.05, 0) is 42.7 Å². The molecule has 0 aliphatic carbocycles. The number of benzene rings is 1. The van der Waals surface area contributed by atoms with Crippen molar-refractivity contribution in [2.24, 2.45) is 0 Å². The Bertz CT molecular complexity index is 624. The molecule has 2 rings (SSSR count). The third kappa shape index (κ3) is 3.81. The minimum atomic E-state index is -0.215. The topological polar surface area (TPSA) is 51.2 Å². The van der Waals surface area contributed by atoms with Gasteiger partial charge in [-0.3, -0.25) is 4.79 Å². The van der Waals surface area contributed by atoms with Gasteiger partial charge in [0, 0.05) is 11.9 Å². The van der Waals surface area contributed by atoms with Crippen molar-refractivity contribution < 1.29 is 9.53 Å². The summed E-state index contributed by atoms with van der Waals surface area (Å²) in [6.45, 7) is 6.58. The van der Waals surface area contributed by atoms with Gasteiger partial charge in [-0.2, -0.15) is 0 Å². The highest BCUT2D eigenvalue weighted by molar-refractivity contribution is 6.05. The SMILES string of the molecule is CCOc1ncccc1C(=O)Nc1cccc(C(C)C)c1. The molecule has 1 amide bonds. The molecule has 0 aliphatic rings. The molecule has 0 spiro atoms. The minimum Gasteiger partial charge on any atom is -0.477 e. The summed E-state index contributed by atoms with van der Waals surface area (Å²) in [5, 5.41) is 2.89. The van der Waals surface area contributed by atoms with Crippen molar-refractivity contribution in [3.8, 4) is 5.88 Å². The molecule has 21 heavy (non-hydrogen) atoms. The third-order valence-corrected chi connectivity index (χ3v) is 3.11. The summed E-state index contributed by atoms with van der Waals surface area (Å²) in [7, 11) is 0. The van der Waals surface area contributed by atoms with E-state index in [9.17, 15) is 4.79 Å². The Labute approximate surface area is 125 Å². The molecule has 0 unspecified atom stereocenters. The van der Waals surface area contributed by atoms with Gasteiger partial charge >= 0.3 is 0 Å². The molecule has 1 heterocycles. The molecule has 0 atom stereocenters. The van der Waals surface area contributed by atoms with Crippen LogP contribution in [0.5, 0.6) is 5.88 Å². The fourth-order valence-electron chi connectivity index (χ4n) is 1.99. The number of hydrogen-bond donors (Lipinski definition) is 1. The number of hydrogen-bond acceptors (Lipinski definition) is 3. The fourth-order valence-corrected chi connectivity index (χ4v) is 1.99. The number of carbonyl (C=O) groups is 1. The molecule has 1 aromatic carbocycles. The van der Waals surface area contributed by atoms with Crippen LogP contribution >= 0.6 is 0 Å². The lowest BCUT2D eigenvalue weighted by atomic mass is 10.0. The van der Waals surface area contributed by atoms with E-state index >= 15 is 0 Å². The van der Waals surface area contributed by atoms with Gasteiger partial charge in [0.15, 0.2) is 0 Å². The number of pyridine rings is 1. The first-order valence-electron chi connectivity index (χ1n) is 7.11. The summed E-state index contributed by atoms with van der Waals surface area (Å²) >= 11 is 0. The quantitative estimate of drug-likeness (QED) is 0.907. The maximum Gasteiger partial charge on any atom is 0.261 e. The Morgan fingerprint density at radius 1 is 1.29 bits per heavy atom. The molecule has 0 bridgehead atoms. The highest BCUT2D eigenvalue weighted by Crippen LogP contribution is 2.20. The second kappa shape index (κ2) is 6.88. The second-order valence-electron chi connectivity index (χ2n) is 5.02. The first-order valence-corrected chi connectivity index (χ1v) is 7.11. The smallest absolute Gasteiger partial charge is 0.261 e. The van der Waals surface area contributed by atoms with Gasteiger partial charge in [-0.15, -0.1) is 0 Å². The standard InChI is InChI=1S/C17H20N2O2/c1-4-21-17-15(9-6-10-18-17)16(20)19-14-8-5-7-13(11-14)12(2)3/h5-12H,4H2,1-3H3,(H,19,20). The number of nitrogens with one attached hydrogen (secondary N) is 1. The van der Waals surface area contributed by atoms with Crippen LogP contribution in [-0.4, -0.2) is 17.5 Å². The Balaban J connectivity index is 2.20. The average Bonchev–Trinajstić information content (AvgIpc) is 2.48. The molecule has 110 valence electrons. The van der Waals surface area contributed by atoms with Crippen LogP contribution in [0.2, 0.25) is 0 Å². The van der Waals surface area contributed by atoms with Crippen LogP contribution in [0.4, 0.5) is 5.69 Å². The maximum atomic E-state index is 12.4. The maximum absolute atomic E-state index is 12.4. The van der Waals surface area contributed by atoms with E-state index in [0.29, 0.717) is 24.0 Å².